The van der Waals surface area contributed by atoms with Crippen molar-refractivity contribution < 1.29 is 17.9 Å². The molecule has 0 aromatic carbocycles. The second-order valence-corrected chi connectivity index (χ2v) is 7.58. The number of ether oxygens (including phenoxy) is 2. The predicted molar refractivity (Wildman–Crippen MR) is 61.1 cm³/mol. The van der Waals surface area contributed by atoms with Crippen LogP contribution in [0.25, 0.3) is 0 Å². The molecule has 1 saturated heterocycles. The maximum atomic E-state index is 11.2. The van der Waals surface area contributed by atoms with Crippen LogP contribution in [0.3, 0.4) is 0 Å². The Labute approximate surface area is 101 Å². The Morgan fingerprint density at radius 1 is 1.31 bits per heavy atom. The van der Waals surface area contributed by atoms with E-state index in [0.29, 0.717) is 38.8 Å². The fraction of sp³-hybridized carbons (Fsp3) is 1.00. The lowest BCUT2D eigenvalue weighted by Gasteiger charge is -2.35. The van der Waals surface area contributed by atoms with Gasteiger partial charge in [0.05, 0.1) is 18.5 Å². The van der Waals surface area contributed by atoms with Gasteiger partial charge in [-0.05, 0) is 25.7 Å². The third-order valence-corrected chi connectivity index (χ3v) is 4.47. The molecule has 0 unspecified atom stereocenters. The van der Waals surface area contributed by atoms with Crippen LogP contribution in [0.5, 0.6) is 0 Å². The summed E-state index contributed by atoms with van der Waals surface area (Å²) in [4.78, 5) is 0. The normalized spacial score (nSPS) is 25.6. The summed E-state index contributed by atoms with van der Waals surface area (Å²) < 4.78 is 33.4. The van der Waals surface area contributed by atoms with E-state index < -0.39 is 9.05 Å². The zero-order valence-electron chi connectivity index (χ0n) is 9.15. The minimum absolute atomic E-state index is 0.00235. The Kier molecular flexibility index (Phi) is 3.79. The molecule has 0 amide bonds. The third kappa shape index (κ3) is 3.87. The van der Waals surface area contributed by atoms with Gasteiger partial charge < -0.3 is 9.47 Å². The van der Waals surface area contributed by atoms with Crippen molar-refractivity contribution in [1.82, 2.24) is 0 Å². The van der Waals surface area contributed by atoms with Gasteiger partial charge in [0.2, 0.25) is 9.05 Å². The Morgan fingerprint density at radius 2 is 1.94 bits per heavy atom. The van der Waals surface area contributed by atoms with E-state index >= 15 is 0 Å². The summed E-state index contributed by atoms with van der Waals surface area (Å²) in [5.74, 6) is -0.00235. The Hall–Kier alpha value is 0.160. The molecule has 0 aromatic rings. The summed E-state index contributed by atoms with van der Waals surface area (Å²) in [6.45, 7) is 1.69. The first kappa shape index (κ1) is 12.6. The van der Waals surface area contributed by atoms with Crippen molar-refractivity contribution in [1.29, 1.82) is 0 Å². The van der Waals surface area contributed by atoms with Gasteiger partial charge in [-0.3, -0.25) is 0 Å². The molecule has 2 fully saturated rings. The van der Waals surface area contributed by atoms with Crippen LogP contribution in [0, 0.1) is 5.41 Å². The standard InChI is InChI=1S/C10H17ClO4S/c11-16(12,13)8-10(3-5-14-6-4-10)7-15-9-1-2-9/h9H,1-8H2. The van der Waals surface area contributed by atoms with Crippen LogP contribution >= 0.6 is 10.7 Å². The number of hydrogen-bond donors (Lipinski definition) is 0. The van der Waals surface area contributed by atoms with Gasteiger partial charge in [-0.2, -0.15) is 0 Å². The largest absolute Gasteiger partial charge is 0.381 e. The molecule has 0 spiro atoms. The SMILES string of the molecule is O=S(=O)(Cl)CC1(COC2CC2)CCOCC1. The smallest absolute Gasteiger partial charge is 0.233 e. The average Bonchev–Trinajstić information content (AvgIpc) is 2.97. The van der Waals surface area contributed by atoms with E-state index in [1.807, 2.05) is 0 Å². The molecule has 16 heavy (non-hydrogen) atoms. The summed E-state index contributed by atoms with van der Waals surface area (Å²) in [5, 5.41) is 0. The molecule has 0 atom stereocenters. The number of halogens is 1. The van der Waals surface area contributed by atoms with Gasteiger partial charge in [0, 0.05) is 29.3 Å². The molecule has 1 saturated carbocycles. The lowest BCUT2D eigenvalue weighted by atomic mass is 9.83. The van der Waals surface area contributed by atoms with Crippen molar-refractivity contribution in [2.45, 2.75) is 31.8 Å². The maximum Gasteiger partial charge on any atom is 0.233 e. The summed E-state index contributed by atoms with van der Waals surface area (Å²) in [6.07, 6.45) is 3.97. The highest BCUT2D eigenvalue weighted by atomic mass is 35.7. The van der Waals surface area contributed by atoms with Crippen LogP contribution < -0.4 is 0 Å². The van der Waals surface area contributed by atoms with Crippen LogP contribution in [-0.4, -0.2) is 40.1 Å². The molecular weight excluding hydrogens is 252 g/mol. The highest BCUT2D eigenvalue weighted by Crippen LogP contribution is 2.36. The maximum absolute atomic E-state index is 11.2. The molecule has 0 radical (unpaired) electrons. The molecule has 6 heteroatoms. The first-order valence-corrected chi connectivity index (χ1v) is 8.09. The Morgan fingerprint density at radius 3 is 2.44 bits per heavy atom. The lowest BCUT2D eigenvalue weighted by molar-refractivity contribution is -0.0324. The van der Waals surface area contributed by atoms with Gasteiger partial charge in [0.1, 0.15) is 0 Å². The van der Waals surface area contributed by atoms with E-state index in [9.17, 15) is 8.42 Å². The molecule has 94 valence electrons. The van der Waals surface area contributed by atoms with Crippen LogP contribution in [-0.2, 0) is 18.5 Å². The fourth-order valence-corrected chi connectivity index (χ4v) is 3.83. The summed E-state index contributed by atoms with van der Waals surface area (Å²) in [6, 6.07) is 0. The number of rotatable bonds is 5. The average molecular weight is 269 g/mol. The van der Waals surface area contributed by atoms with Gasteiger partial charge in [0.25, 0.3) is 0 Å². The monoisotopic (exact) mass is 268 g/mol. The van der Waals surface area contributed by atoms with E-state index in [4.69, 9.17) is 20.2 Å². The van der Waals surface area contributed by atoms with Gasteiger partial charge in [0.15, 0.2) is 0 Å². The van der Waals surface area contributed by atoms with E-state index in [1.54, 1.807) is 0 Å². The molecule has 2 rings (SSSR count). The second kappa shape index (κ2) is 4.80. The zero-order valence-corrected chi connectivity index (χ0v) is 10.7. The lowest BCUT2D eigenvalue weighted by Crippen LogP contribution is -2.39. The van der Waals surface area contributed by atoms with Crippen molar-refractivity contribution in [3.8, 4) is 0 Å². The Balaban J connectivity index is 1.97. The zero-order chi connectivity index (χ0) is 11.6. The fourth-order valence-electron chi connectivity index (χ4n) is 2.03. The predicted octanol–water partition coefficient (Wildman–Crippen LogP) is 1.53. The van der Waals surface area contributed by atoms with Crippen LogP contribution in [0.4, 0.5) is 0 Å². The summed E-state index contributed by atoms with van der Waals surface area (Å²) in [5.41, 5.74) is -0.332. The summed E-state index contributed by atoms with van der Waals surface area (Å²) >= 11 is 0. The molecule has 2 aliphatic rings. The molecule has 0 aromatic heterocycles. The topological polar surface area (TPSA) is 52.6 Å². The first-order chi connectivity index (χ1) is 7.49. The minimum Gasteiger partial charge on any atom is -0.381 e. The van der Waals surface area contributed by atoms with Crippen molar-refractivity contribution in [3.05, 3.63) is 0 Å². The highest BCUT2D eigenvalue weighted by Gasteiger charge is 2.38. The third-order valence-electron chi connectivity index (χ3n) is 3.18. The molecule has 1 aliphatic carbocycles. The van der Waals surface area contributed by atoms with Crippen LogP contribution in [0.15, 0.2) is 0 Å². The van der Waals surface area contributed by atoms with Gasteiger partial charge in [-0.1, -0.05) is 0 Å². The molecule has 0 bridgehead atoms. The van der Waals surface area contributed by atoms with Crippen molar-refractivity contribution >= 4 is 19.7 Å². The van der Waals surface area contributed by atoms with Crippen LogP contribution in [0.2, 0.25) is 0 Å². The second-order valence-electron chi connectivity index (χ2n) is 4.81. The minimum atomic E-state index is -3.47. The Bertz CT molecular complexity index is 331. The number of hydrogen-bond acceptors (Lipinski definition) is 4. The molecular formula is C10H17ClO4S. The van der Waals surface area contributed by atoms with Gasteiger partial charge in [-0.15, -0.1) is 0 Å². The van der Waals surface area contributed by atoms with E-state index in [2.05, 4.69) is 0 Å². The first-order valence-electron chi connectivity index (χ1n) is 5.61. The van der Waals surface area contributed by atoms with Crippen molar-refractivity contribution in [2.75, 3.05) is 25.6 Å². The van der Waals surface area contributed by atoms with Gasteiger partial charge >= 0.3 is 0 Å². The van der Waals surface area contributed by atoms with Crippen molar-refractivity contribution in [3.63, 3.8) is 0 Å². The molecule has 4 nitrogen and oxygen atoms in total. The molecule has 1 aliphatic heterocycles. The van der Waals surface area contributed by atoms with E-state index in [0.717, 1.165) is 12.8 Å². The summed E-state index contributed by atoms with van der Waals surface area (Å²) in [7, 11) is 1.89. The van der Waals surface area contributed by atoms with Crippen LogP contribution in [0.1, 0.15) is 25.7 Å². The van der Waals surface area contributed by atoms with E-state index in [-0.39, 0.29) is 11.2 Å². The highest BCUT2D eigenvalue weighted by molar-refractivity contribution is 8.13. The van der Waals surface area contributed by atoms with E-state index in [1.165, 1.54) is 0 Å². The quantitative estimate of drug-likeness (QED) is 0.710. The van der Waals surface area contributed by atoms with Crippen molar-refractivity contribution in [2.24, 2.45) is 5.41 Å². The molecule has 1 heterocycles. The molecule has 0 N–H and O–H groups in total. The van der Waals surface area contributed by atoms with Gasteiger partial charge in [-0.25, -0.2) is 8.42 Å².